The maximum Gasteiger partial charge on any atom is 0.00720 e. The average molecular weight is 225 g/mol. The molecule has 0 aromatic carbocycles. The molecule has 0 aromatic heterocycles. The van der Waals surface area contributed by atoms with Crippen molar-refractivity contribution < 1.29 is 0 Å². The van der Waals surface area contributed by atoms with Crippen LogP contribution in [0.3, 0.4) is 0 Å². The molecule has 1 N–H and O–H groups in total. The summed E-state index contributed by atoms with van der Waals surface area (Å²) in [7, 11) is 0. The molecule has 1 aliphatic rings. The predicted molar refractivity (Wildman–Crippen MR) is 72.8 cm³/mol. The van der Waals surface area contributed by atoms with Gasteiger partial charge in [0, 0.05) is 12.1 Å². The maximum atomic E-state index is 3.83. The Balaban J connectivity index is 2.06. The Morgan fingerprint density at radius 1 is 1.19 bits per heavy atom. The molecule has 1 heteroatoms. The van der Waals surface area contributed by atoms with Crippen LogP contribution < -0.4 is 5.32 Å². The topological polar surface area (TPSA) is 12.0 Å². The number of rotatable bonds is 7. The maximum absolute atomic E-state index is 3.83. The van der Waals surface area contributed by atoms with E-state index in [2.05, 4.69) is 26.1 Å². The molecule has 3 atom stereocenters. The molecular weight excluding hydrogens is 194 g/mol. The Labute approximate surface area is 102 Å². The van der Waals surface area contributed by atoms with E-state index in [9.17, 15) is 0 Å². The molecule has 0 saturated heterocycles. The zero-order valence-electron chi connectivity index (χ0n) is 11.6. The van der Waals surface area contributed by atoms with Crippen LogP contribution in [0, 0.1) is 5.92 Å². The van der Waals surface area contributed by atoms with Gasteiger partial charge in [0.1, 0.15) is 0 Å². The number of nitrogens with one attached hydrogen (secondary N) is 1. The first kappa shape index (κ1) is 14.0. The molecule has 3 unspecified atom stereocenters. The van der Waals surface area contributed by atoms with Crippen molar-refractivity contribution in [2.45, 2.75) is 90.6 Å². The van der Waals surface area contributed by atoms with Crippen molar-refractivity contribution in [3.63, 3.8) is 0 Å². The molecule has 1 saturated carbocycles. The number of hydrogen-bond donors (Lipinski definition) is 1. The number of hydrogen-bond acceptors (Lipinski definition) is 1. The Morgan fingerprint density at radius 2 is 2.00 bits per heavy atom. The van der Waals surface area contributed by atoms with Crippen molar-refractivity contribution in [1.29, 1.82) is 0 Å². The highest BCUT2D eigenvalue weighted by Crippen LogP contribution is 2.24. The van der Waals surface area contributed by atoms with E-state index in [1.165, 1.54) is 57.8 Å². The summed E-state index contributed by atoms with van der Waals surface area (Å²) >= 11 is 0. The van der Waals surface area contributed by atoms with Gasteiger partial charge in [-0.2, -0.15) is 0 Å². The highest BCUT2D eigenvalue weighted by Gasteiger charge is 2.19. The summed E-state index contributed by atoms with van der Waals surface area (Å²) in [5, 5.41) is 3.83. The quantitative estimate of drug-likeness (QED) is 0.628. The van der Waals surface area contributed by atoms with Gasteiger partial charge in [-0.05, 0) is 32.1 Å². The second kappa shape index (κ2) is 8.11. The van der Waals surface area contributed by atoms with E-state index in [-0.39, 0.29) is 0 Å². The largest absolute Gasteiger partial charge is 0.311 e. The molecule has 0 bridgehead atoms. The molecule has 1 fully saturated rings. The van der Waals surface area contributed by atoms with Gasteiger partial charge >= 0.3 is 0 Å². The van der Waals surface area contributed by atoms with Crippen LogP contribution in [0.5, 0.6) is 0 Å². The minimum absolute atomic E-state index is 0.729. The highest BCUT2D eigenvalue weighted by atomic mass is 14.9. The van der Waals surface area contributed by atoms with E-state index in [1.807, 2.05) is 0 Å². The molecule has 1 nitrogen and oxygen atoms in total. The molecule has 1 aliphatic carbocycles. The lowest BCUT2D eigenvalue weighted by Crippen LogP contribution is -2.39. The third-order valence-electron chi connectivity index (χ3n) is 3.95. The van der Waals surface area contributed by atoms with E-state index < -0.39 is 0 Å². The summed E-state index contributed by atoms with van der Waals surface area (Å²) in [6, 6.07) is 1.54. The molecule has 0 heterocycles. The van der Waals surface area contributed by atoms with Crippen molar-refractivity contribution in [2.75, 3.05) is 0 Å². The number of unbranched alkanes of at least 4 members (excludes halogenated alkanes) is 3. The first-order valence-electron chi connectivity index (χ1n) is 7.48. The van der Waals surface area contributed by atoms with Gasteiger partial charge in [-0.25, -0.2) is 0 Å². The zero-order valence-corrected chi connectivity index (χ0v) is 11.6. The summed E-state index contributed by atoms with van der Waals surface area (Å²) in [5.41, 5.74) is 0. The van der Waals surface area contributed by atoms with Crippen molar-refractivity contribution >= 4 is 0 Å². The lowest BCUT2D eigenvalue weighted by Gasteiger charge is -2.30. The molecule has 0 amide bonds. The normalized spacial score (nSPS) is 27.9. The van der Waals surface area contributed by atoms with E-state index in [0.29, 0.717) is 0 Å². The molecule has 0 spiro atoms. The van der Waals surface area contributed by atoms with Gasteiger partial charge < -0.3 is 5.32 Å². The summed E-state index contributed by atoms with van der Waals surface area (Å²) < 4.78 is 0. The second-order valence-corrected chi connectivity index (χ2v) is 5.89. The van der Waals surface area contributed by atoms with Crippen LogP contribution >= 0.6 is 0 Å². The molecule has 16 heavy (non-hydrogen) atoms. The van der Waals surface area contributed by atoms with Crippen LogP contribution in [0.25, 0.3) is 0 Å². The lowest BCUT2D eigenvalue weighted by molar-refractivity contribution is 0.278. The Bertz CT molecular complexity index is 167. The molecule has 96 valence electrons. The fourth-order valence-electron chi connectivity index (χ4n) is 2.95. The summed E-state index contributed by atoms with van der Waals surface area (Å²) in [5.74, 6) is 0.943. The highest BCUT2D eigenvalue weighted by molar-refractivity contribution is 4.78. The van der Waals surface area contributed by atoms with Gasteiger partial charge in [-0.3, -0.25) is 0 Å². The first-order valence-corrected chi connectivity index (χ1v) is 7.48. The van der Waals surface area contributed by atoms with Crippen LogP contribution in [0.4, 0.5) is 0 Å². The summed E-state index contributed by atoms with van der Waals surface area (Å²) in [4.78, 5) is 0. The van der Waals surface area contributed by atoms with Crippen molar-refractivity contribution in [2.24, 2.45) is 5.92 Å². The van der Waals surface area contributed by atoms with Gasteiger partial charge in [-0.1, -0.05) is 52.4 Å². The zero-order chi connectivity index (χ0) is 11.8. The Hall–Kier alpha value is -0.0400. The minimum atomic E-state index is 0.729. The van der Waals surface area contributed by atoms with Crippen LogP contribution in [0.15, 0.2) is 0 Å². The van der Waals surface area contributed by atoms with E-state index >= 15 is 0 Å². The van der Waals surface area contributed by atoms with Gasteiger partial charge in [0.25, 0.3) is 0 Å². The molecule has 0 aliphatic heterocycles. The monoisotopic (exact) mass is 225 g/mol. The van der Waals surface area contributed by atoms with Crippen LogP contribution in [-0.4, -0.2) is 12.1 Å². The summed E-state index contributed by atoms with van der Waals surface area (Å²) in [6.07, 6.45) is 12.6. The predicted octanol–water partition coefficient (Wildman–Crippen LogP) is 4.51. The van der Waals surface area contributed by atoms with Crippen LogP contribution in [0.1, 0.15) is 78.6 Å². The van der Waals surface area contributed by atoms with E-state index in [4.69, 9.17) is 0 Å². The van der Waals surface area contributed by atoms with E-state index in [1.54, 1.807) is 0 Å². The molecular formula is C15H31N. The van der Waals surface area contributed by atoms with Gasteiger partial charge in [0.2, 0.25) is 0 Å². The Kier molecular flexibility index (Phi) is 7.11. The fraction of sp³-hybridized carbons (Fsp3) is 1.00. The third-order valence-corrected chi connectivity index (χ3v) is 3.95. The average Bonchev–Trinajstić information content (AvgIpc) is 2.24. The molecule has 0 radical (unpaired) electrons. The lowest BCUT2D eigenvalue weighted by atomic mass is 9.86. The Morgan fingerprint density at radius 3 is 2.69 bits per heavy atom. The smallest absolute Gasteiger partial charge is 0.00720 e. The molecule has 1 rings (SSSR count). The van der Waals surface area contributed by atoms with Gasteiger partial charge in [-0.15, -0.1) is 0 Å². The minimum Gasteiger partial charge on any atom is -0.311 e. The van der Waals surface area contributed by atoms with Gasteiger partial charge in [0.15, 0.2) is 0 Å². The van der Waals surface area contributed by atoms with Gasteiger partial charge in [0.05, 0.1) is 0 Å². The standard InChI is InChI=1S/C15H31N/c1-4-5-6-7-10-14(3)16-15-11-8-9-13(2)12-15/h13-16H,4-12H2,1-3H3. The third kappa shape index (κ3) is 5.89. The van der Waals surface area contributed by atoms with Crippen LogP contribution in [0.2, 0.25) is 0 Å². The van der Waals surface area contributed by atoms with Crippen molar-refractivity contribution in [1.82, 2.24) is 5.32 Å². The van der Waals surface area contributed by atoms with Crippen molar-refractivity contribution in [3.8, 4) is 0 Å². The second-order valence-electron chi connectivity index (χ2n) is 5.89. The molecule has 0 aromatic rings. The SMILES string of the molecule is CCCCCCC(C)NC1CCCC(C)C1. The van der Waals surface area contributed by atoms with E-state index in [0.717, 1.165) is 18.0 Å². The fourth-order valence-corrected chi connectivity index (χ4v) is 2.95. The first-order chi connectivity index (χ1) is 7.72. The van der Waals surface area contributed by atoms with Crippen molar-refractivity contribution in [3.05, 3.63) is 0 Å². The van der Waals surface area contributed by atoms with Crippen LogP contribution in [-0.2, 0) is 0 Å². The summed E-state index contributed by atoms with van der Waals surface area (Å²) in [6.45, 7) is 7.05.